The molecular weight excluding hydrogens is 216 g/mol. The number of H-pyrrole nitrogens is 1. The molecule has 0 aliphatic carbocycles. The predicted octanol–water partition coefficient (Wildman–Crippen LogP) is 0.653. The Morgan fingerprint density at radius 3 is 2.94 bits per heavy atom. The maximum atomic E-state index is 9.17. The van der Waals surface area contributed by atoms with Crippen LogP contribution in [0.2, 0.25) is 0 Å². The maximum absolute atomic E-state index is 9.17. The van der Waals surface area contributed by atoms with E-state index in [1.165, 1.54) is 10.9 Å². The Morgan fingerprint density at radius 2 is 2.12 bits per heavy atom. The van der Waals surface area contributed by atoms with E-state index in [1.807, 2.05) is 18.3 Å². The molecule has 1 aromatic carbocycles. The van der Waals surface area contributed by atoms with Crippen molar-refractivity contribution in [3.8, 4) is 0 Å². The lowest BCUT2D eigenvalue weighted by molar-refractivity contribution is 0.0947. The van der Waals surface area contributed by atoms with Crippen LogP contribution in [-0.4, -0.2) is 41.0 Å². The molecule has 0 amide bonds. The molecule has 17 heavy (non-hydrogen) atoms. The number of rotatable bonds is 6. The van der Waals surface area contributed by atoms with Crippen LogP contribution in [0.25, 0.3) is 10.9 Å². The van der Waals surface area contributed by atoms with Crippen LogP contribution >= 0.6 is 0 Å². The lowest BCUT2D eigenvalue weighted by Crippen LogP contribution is -2.30. The van der Waals surface area contributed by atoms with Gasteiger partial charge in [-0.2, -0.15) is 0 Å². The molecule has 4 heteroatoms. The zero-order valence-corrected chi connectivity index (χ0v) is 9.69. The summed E-state index contributed by atoms with van der Waals surface area (Å²) in [6, 6.07) is 8.20. The van der Waals surface area contributed by atoms with Gasteiger partial charge in [0.15, 0.2) is 0 Å². The second-order valence-electron chi connectivity index (χ2n) is 4.15. The van der Waals surface area contributed by atoms with Gasteiger partial charge in [0, 0.05) is 23.6 Å². The monoisotopic (exact) mass is 234 g/mol. The van der Waals surface area contributed by atoms with Gasteiger partial charge in [-0.15, -0.1) is 0 Å². The topological polar surface area (TPSA) is 68.3 Å². The summed E-state index contributed by atoms with van der Waals surface area (Å²) < 4.78 is 0. The molecule has 1 unspecified atom stereocenters. The molecule has 0 fully saturated rings. The van der Waals surface area contributed by atoms with Crippen LogP contribution in [-0.2, 0) is 6.42 Å². The van der Waals surface area contributed by atoms with Crippen molar-refractivity contribution < 1.29 is 10.2 Å². The third kappa shape index (κ3) is 3.06. The van der Waals surface area contributed by atoms with Crippen molar-refractivity contribution in [3.63, 3.8) is 0 Å². The first-order chi connectivity index (χ1) is 8.31. The summed E-state index contributed by atoms with van der Waals surface area (Å²) in [5, 5.41) is 22.2. The van der Waals surface area contributed by atoms with Crippen molar-refractivity contribution in [1.29, 1.82) is 0 Å². The number of benzene rings is 1. The van der Waals surface area contributed by atoms with Gasteiger partial charge in [-0.1, -0.05) is 18.2 Å². The lowest BCUT2D eigenvalue weighted by atomic mass is 10.1. The molecule has 0 saturated heterocycles. The van der Waals surface area contributed by atoms with E-state index in [0.29, 0.717) is 6.54 Å². The Labute approximate surface area is 100 Å². The smallest absolute Gasteiger partial charge is 0.0894 e. The first kappa shape index (κ1) is 12.1. The van der Waals surface area contributed by atoms with Crippen LogP contribution in [0.3, 0.4) is 0 Å². The molecule has 0 aliphatic rings. The van der Waals surface area contributed by atoms with Gasteiger partial charge < -0.3 is 20.5 Å². The Kier molecular flexibility index (Phi) is 4.14. The molecule has 0 radical (unpaired) electrons. The van der Waals surface area contributed by atoms with E-state index >= 15 is 0 Å². The number of hydrogen-bond donors (Lipinski definition) is 4. The molecule has 0 bridgehead atoms. The van der Waals surface area contributed by atoms with E-state index in [2.05, 4.69) is 22.4 Å². The highest BCUT2D eigenvalue weighted by molar-refractivity contribution is 5.83. The Bertz CT molecular complexity index is 467. The largest absolute Gasteiger partial charge is 0.394 e. The van der Waals surface area contributed by atoms with Crippen LogP contribution in [0.4, 0.5) is 0 Å². The minimum Gasteiger partial charge on any atom is -0.394 e. The fourth-order valence-electron chi connectivity index (χ4n) is 1.89. The summed E-state index contributed by atoms with van der Waals surface area (Å²) in [7, 11) is 0. The quantitative estimate of drug-likeness (QED) is 0.555. The Morgan fingerprint density at radius 1 is 1.29 bits per heavy atom. The highest BCUT2D eigenvalue weighted by atomic mass is 16.3. The summed E-state index contributed by atoms with van der Waals surface area (Å²) in [5.41, 5.74) is 2.42. The van der Waals surface area contributed by atoms with Gasteiger partial charge in [0.2, 0.25) is 0 Å². The molecule has 0 spiro atoms. The SMILES string of the molecule is OCC(O)CNCCc1c[nH]c2ccccc12. The molecular formula is C13H18N2O2. The Balaban J connectivity index is 1.87. The average Bonchev–Trinajstić information content (AvgIpc) is 2.78. The molecule has 92 valence electrons. The summed E-state index contributed by atoms with van der Waals surface area (Å²) in [4.78, 5) is 3.23. The van der Waals surface area contributed by atoms with Crippen LogP contribution in [0.5, 0.6) is 0 Å². The van der Waals surface area contributed by atoms with E-state index in [1.54, 1.807) is 0 Å². The van der Waals surface area contributed by atoms with E-state index in [-0.39, 0.29) is 6.61 Å². The molecule has 1 heterocycles. The van der Waals surface area contributed by atoms with E-state index < -0.39 is 6.10 Å². The van der Waals surface area contributed by atoms with Crippen molar-refractivity contribution in [2.24, 2.45) is 0 Å². The number of aromatic amines is 1. The zero-order valence-electron chi connectivity index (χ0n) is 9.69. The predicted molar refractivity (Wildman–Crippen MR) is 68.0 cm³/mol. The molecule has 2 aromatic rings. The summed E-state index contributed by atoms with van der Waals surface area (Å²) in [6.45, 7) is 1.03. The molecule has 4 nitrogen and oxygen atoms in total. The van der Waals surface area contributed by atoms with Gasteiger partial charge in [-0.25, -0.2) is 0 Å². The van der Waals surface area contributed by atoms with Gasteiger partial charge in [-0.05, 0) is 24.6 Å². The number of hydrogen-bond acceptors (Lipinski definition) is 3. The fourth-order valence-corrected chi connectivity index (χ4v) is 1.89. The van der Waals surface area contributed by atoms with Crippen molar-refractivity contribution in [2.75, 3.05) is 19.7 Å². The number of aliphatic hydroxyl groups is 2. The maximum Gasteiger partial charge on any atom is 0.0894 e. The fraction of sp³-hybridized carbons (Fsp3) is 0.385. The summed E-state index contributed by atoms with van der Waals surface area (Å²) in [6.07, 6.45) is 2.26. The van der Waals surface area contributed by atoms with Crippen LogP contribution in [0.1, 0.15) is 5.56 Å². The van der Waals surface area contributed by atoms with Gasteiger partial charge in [0.1, 0.15) is 0 Å². The lowest BCUT2D eigenvalue weighted by Gasteiger charge is -2.08. The van der Waals surface area contributed by atoms with Crippen molar-refractivity contribution in [3.05, 3.63) is 36.0 Å². The van der Waals surface area contributed by atoms with E-state index in [9.17, 15) is 0 Å². The molecule has 1 aromatic heterocycles. The molecule has 4 N–H and O–H groups in total. The van der Waals surface area contributed by atoms with Gasteiger partial charge in [-0.3, -0.25) is 0 Å². The standard InChI is InChI=1S/C13H18N2O2/c16-9-11(17)8-14-6-5-10-7-15-13-4-2-1-3-12(10)13/h1-4,7,11,14-17H,5-6,8-9H2. The first-order valence-electron chi connectivity index (χ1n) is 5.86. The zero-order chi connectivity index (χ0) is 12.1. The molecule has 0 aliphatic heterocycles. The highest BCUT2D eigenvalue weighted by Gasteiger charge is 2.03. The van der Waals surface area contributed by atoms with Crippen molar-refractivity contribution in [2.45, 2.75) is 12.5 Å². The number of nitrogens with one attached hydrogen (secondary N) is 2. The summed E-state index contributed by atoms with van der Waals surface area (Å²) >= 11 is 0. The number of para-hydroxylation sites is 1. The third-order valence-electron chi connectivity index (χ3n) is 2.84. The van der Waals surface area contributed by atoms with Gasteiger partial charge in [0.25, 0.3) is 0 Å². The summed E-state index contributed by atoms with van der Waals surface area (Å²) in [5.74, 6) is 0. The van der Waals surface area contributed by atoms with Crippen LogP contribution in [0, 0.1) is 0 Å². The molecule has 0 saturated carbocycles. The molecule has 1 atom stereocenters. The first-order valence-corrected chi connectivity index (χ1v) is 5.86. The number of aromatic nitrogens is 1. The van der Waals surface area contributed by atoms with Gasteiger partial charge in [0.05, 0.1) is 12.7 Å². The van der Waals surface area contributed by atoms with E-state index in [0.717, 1.165) is 18.5 Å². The molecule has 2 rings (SSSR count). The average molecular weight is 234 g/mol. The van der Waals surface area contributed by atoms with Crippen molar-refractivity contribution in [1.82, 2.24) is 10.3 Å². The highest BCUT2D eigenvalue weighted by Crippen LogP contribution is 2.17. The number of fused-ring (bicyclic) bond motifs is 1. The second kappa shape index (κ2) is 5.82. The van der Waals surface area contributed by atoms with Crippen LogP contribution < -0.4 is 5.32 Å². The van der Waals surface area contributed by atoms with Crippen molar-refractivity contribution >= 4 is 10.9 Å². The van der Waals surface area contributed by atoms with Crippen LogP contribution in [0.15, 0.2) is 30.5 Å². The minimum absolute atomic E-state index is 0.194. The number of aliphatic hydroxyl groups excluding tert-OH is 2. The third-order valence-corrected chi connectivity index (χ3v) is 2.84. The van der Waals surface area contributed by atoms with Gasteiger partial charge >= 0.3 is 0 Å². The minimum atomic E-state index is -0.669. The second-order valence-corrected chi connectivity index (χ2v) is 4.15. The Hall–Kier alpha value is -1.36. The normalized spacial score (nSPS) is 13.1. The van der Waals surface area contributed by atoms with E-state index in [4.69, 9.17) is 10.2 Å².